The first-order chi connectivity index (χ1) is 19.4. The molecule has 1 N–H and O–H groups in total. The van der Waals surface area contributed by atoms with Gasteiger partial charge in [0, 0.05) is 17.8 Å². The van der Waals surface area contributed by atoms with Gasteiger partial charge in [-0.15, -0.1) is 6.58 Å². The fourth-order valence-electron chi connectivity index (χ4n) is 5.15. The van der Waals surface area contributed by atoms with E-state index in [1.54, 1.807) is 54.3 Å². The lowest BCUT2D eigenvalue weighted by atomic mass is 9.95. The van der Waals surface area contributed by atoms with Gasteiger partial charge in [-0.2, -0.15) is 0 Å². The van der Waals surface area contributed by atoms with Crippen LogP contribution in [0.4, 0.5) is 15.8 Å². The van der Waals surface area contributed by atoms with Crippen molar-refractivity contribution in [1.82, 2.24) is 4.57 Å². The zero-order valence-corrected chi connectivity index (χ0v) is 22.2. The third-order valence-electron chi connectivity index (χ3n) is 6.92. The highest BCUT2D eigenvalue weighted by Gasteiger charge is 2.36. The van der Waals surface area contributed by atoms with E-state index in [2.05, 4.69) is 16.9 Å². The number of hydrogen-bond donors (Lipinski definition) is 1. The van der Waals surface area contributed by atoms with Crippen molar-refractivity contribution in [3.05, 3.63) is 139 Å². The van der Waals surface area contributed by atoms with Crippen molar-refractivity contribution in [2.24, 2.45) is 4.99 Å². The van der Waals surface area contributed by atoms with Crippen molar-refractivity contribution in [2.45, 2.75) is 13.0 Å². The number of fused-ring (bicyclic) bond motifs is 2. The van der Waals surface area contributed by atoms with Gasteiger partial charge in [0.25, 0.3) is 17.4 Å². The summed E-state index contributed by atoms with van der Waals surface area (Å²) in [4.78, 5) is 48.0. The van der Waals surface area contributed by atoms with E-state index in [9.17, 15) is 18.8 Å². The van der Waals surface area contributed by atoms with Gasteiger partial charge in [-0.1, -0.05) is 65.9 Å². The van der Waals surface area contributed by atoms with Gasteiger partial charge in [0.15, 0.2) is 4.80 Å². The molecule has 0 saturated carbocycles. The number of hydrogen-bond acceptors (Lipinski definition) is 5. The second-order valence-corrected chi connectivity index (χ2v) is 10.3. The molecule has 2 aliphatic rings. The van der Waals surface area contributed by atoms with E-state index in [1.807, 2.05) is 30.3 Å². The maximum absolute atomic E-state index is 14.2. The summed E-state index contributed by atoms with van der Waals surface area (Å²) in [5, 5.41) is 2.89. The number of benzene rings is 3. The molecule has 0 fully saturated rings. The number of amides is 2. The van der Waals surface area contributed by atoms with Crippen LogP contribution in [0.25, 0.3) is 5.57 Å². The number of thiazole rings is 1. The molecular formula is C31H23FN4O3S. The second kappa shape index (κ2) is 10.0. The maximum atomic E-state index is 14.2. The van der Waals surface area contributed by atoms with Crippen LogP contribution >= 0.6 is 11.3 Å². The smallest absolute Gasteiger partial charge is 0.271 e. The molecule has 2 amide bonds. The summed E-state index contributed by atoms with van der Waals surface area (Å²) in [6.45, 7) is 5.76. The zero-order chi connectivity index (χ0) is 28.0. The summed E-state index contributed by atoms with van der Waals surface area (Å²) in [6.07, 6.45) is 1.63. The summed E-state index contributed by atoms with van der Waals surface area (Å²) in [6, 6.07) is 21.1. The van der Waals surface area contributed by atoms with Crippen molar-refractivity contribution in [2.75, 3.05) is 16.8 Å². The van der Waals surface area contributed by atoms with E-state index in [0.717, 1.165) is 11.3 Å². The Morgan fingerprint density at radius 2 is 1.75 bits per heavy atom. The Morgan fingerprint density at radius 3 is 2.48 bits per heavy atom. The number of allylic oxidation sites excluding steroid dienone is 1. The standard InChI is InChI=1S/C31H23FN4O3S/c1-3-17-35-23-12-8-7-11-22(23)25(29(35)38)27-30(39)36-26(19-13-15-20(32)16-14-19)24(18(2)33-31(36)40-27)28(37)34-21-9-5-4-6-10-21/h3-16,26H,1,17H2,2H3,(H,34,37)/b27-25+/t26-/m1/s1. The molecule has 4 aromatic rings. The Bertz CT molecular complexity index is 1910. The van der Waals surface area contributed by atoms with Gasteiger partial charge in [-0.05, 0) is 42.8 Å². The number of anilines is 2. The Labute approximate surface area is 232 Å². The van der Waals surface area contributed by atoms with E-state index in [4.69, 9.17) is 0 Å². The Balaban J connectivity index is 1.58. The molecule has 1 aromatic heterocycles. The SMILES string of the molecule is C=CCN1C(=O)/C(=c2/sc3n(c2=O)[C@H](c2ccc(F)cc2)C(C(=O)Nc2ccccc2)=C(C)N=3)c2ccccc21. The van der Waals surface area contributed by atoms with Crippen molar-refractivity contribution < 1.29 is 14.0 Å². The van der Waals surface area contributed by atoms with Crippen LogP contribution in [0.1, 0.15) is 24.1 Å². The highest BCUT2D eigenvalue weighted by Crippen LogP contribution is 2.35. The van der Waals surface area contributed by atoms with E-state index >= 15 is 0 Å². The lowest BCUT2D eigenvalue weighted by Crippen LogP contribution is -2.41. The molecule has 0 unspecified atom stereocenters. The van der Waals surface area contributed by atoms with Crippen molar-refractivity contribution >= 4 is 40.1 Å². The largest absolute Gasteiger partial charge is 0.322 e. The summed E-state index contributed by atoms with van der Waals surface area (Å²) < 4.78 is 15.6. The molecule has 2 aliphatic heterocycles. The van der Waals surface area contributed by atoms with Crippen LogP contribution in [0.2, 0.25) is 0 Å². The summed E-state index contributed by atoms with van der Waals surface area (Å²) in [7, 11) is 0. The van der Waals surface area contributed by atoms with Crippen LogP contribution in [0.3, 0.4) is 0 Å². The monoisotopic (exact) mass is 550 g/mol. The first-order valence-electron chi connectivity index (χ1n) is 12.6. The Hall–Kier alpha value is -4.89. The van der Waals surface area contributed by atoms with Crippen LogP contribution in [0.5, 0.6) is 0 Å². The number of aromatic nitrogens is 1. The van der Waals surface area contributed by atoms with Crippen molar-refractivity contribution in [3.8, 4) is 0 Å². The van der Waals surface area contributed by atoms with Crippen LogP contribution in [0, 0.1) is 5.82 Å². The molecule has 0 aliphatic carbocycles. The minimum absolute atomic E-state index is 0.229. The molecule has 9 heteroatoms. The number of nitrogens with one attached hydrogen (secondary N) is 1. The van der Waals surface area contributed by atoms with Crippen molar-refractivity contribution in [1.29, 1.82) is 0 Å². The van der Waals surface area contributed by atoms with Gasteiger partial charge in [0.1, 0.15) is 10.3 Å². The molecular weight excluding hydrogens is 527 g/mol. The third-order valence-corrected chi connectivity index (χ3v) is 7.97. The van der Waals surface area contributed by atoms with Gasteiger partial charge in [-0.3, -0.25) is 19.0 Å². The third kappa shape index (κ3) is 4.11. The highest BCUT2D eigenvalue weighted by atomic mass is 32.1. The van der Waals surface area contributed by atoms with Crippen LogP contribution in [-0.4, -0.2) is 22.9 Å². The van der Waals surface area contributed by atoms with Gasteiger partial charge in [0.05, 0.1) is 28.6 Å². The summed E-state index contributed by atoms with van der Waals surface area (Å²) >= 11 is 1.10. The van der Waals surface area contributed by atoms with Crippen LogP contribution in [0.15, 0.2) is 113 Å². The zero-order valence-electron chi connectivity index (χ0n) is 21.4. The van der Waals surface area contributed by atoms with E-state index in [-0.39, 0.29) is 21.6 Å². The molecule has 198 valence electrons. The molecule has 7 nitrogen and oxygen atoms in total. The van der Waals surface area contributed by atoms with Gasteiger partial charge in [0.2, 0.25) is 0 Å². The maximum Gasteiger partial charge on any atom is 0.271 e. The number of nitrogens with zero attached hydrogens (tertiary/aromatic N) is 3. The lowest BCUT2D eigenvalue weighted by molar-refractivity contribution is -0.114. The fourth-order valence-corrected chi connectivity index (χ4v) is 6.29. The number of halogens is 1. The minimum atomic E-state index is -0.883. The molecule has 0 radical (unpaired) electrons. The fraction of sp³-hybridized carbons (Fsp3) is 0.0968. The number of carbonyl (C=O) groups excluding carboxylic acids is 2. The molecule has 3 heterocycles. The predicted octanol–water partition coefficient (Wildman–Crippen LogP) is 3.92. The number of rotatable bonds is 5. The predicted molar refractivity (Wildman–Crippen MR) is 153 cm³/mol. The Morgan fingerprint density at radius 1 is 1.05 bits per heavy atom. The number of carbonyl (C=O) groups is 2. The highest BCUT2D eigenvalue weighted by molar-refractivity contribution is 7.07. The van der Waals surface area contributed by atoms with Gasteiger partial charge >= 0.3 is 0 Å². The average molecular weight is 551 g/mol. The van der Waals surface area contributed by atoms with E-state index in [0.29, 0.717) is 39.5 Å². The first-order valence-corrected chi connectivity index (χ1v) is 13.4. The summed E-state index contributed by atoms with van der Waals surface area (Å²) in [5.74, 6) is -1.17. The molecule has 1 atom stereocenters. The topological polar surface area (TPSA) is 83.8 Å². The molecule has 0 saturated heterocycles. The molecule has 0 spiro atoms. The lowest BCUT2D eigenvalue weighted by Gasteiger charge is -2.25. The quantitative estimate of drug-likeness (QED) is 0.383. The first kappa shape index (κ1) is 25.4. The van der Waals surface area contributed by atoms with Gasteiger partial charge in [-0.25, -0.2) is 9.38 Å². The normalized spacial score (nSPS) is 17.3. The molecule has 40 heavy (non-hydrogen) atoms. The van der Waals surface area contributed by atoms with Gasteiger partial charge < -0.3 is 10.2 Å². The van der Waals surface area contributed by atoms with Crippen molar-refractivity contribution in [3.63, 3.8) is 0 Å². The molecule has 6 rings (SSSR count). The van der Waals surface area contributed by atoms with Crippen LogP contribution < -0.4 is 25.1 Å². The Kier molecular flexibility index (Phi) is 6.36. The van der Waals surface area contributed by atoms with Crippen LogP contribution in [-0.2, 0) is 9.59 Å². The van der Waals surface area contributed by atoms with E-state index < -0.39 is 23.3 Å². The summed E-state index contributed by atoms with van der Waals surface area (Å²) in [5.41, 5.74) is 2.99. The minimum Gasteiger partial charge on any atom is -0.322 e. The second-order valence-electron chi connectivity index (χ2n) is 9.37. The molecule has 3 aromatic carbocycles. The molecule has 0 bridgehead atoms. The van der Waals surface area contributed by atoms with E-state index in [1.165, 1.54) is 16.7 Å². The number of para-hydroxylation sites is 2. The average Bonchev–Trinajstić information content (AvgIpc) is 3.41.